The maximum atomic E-state index is 13.1. The molecule has 30 heavy (non-hydrogen) atoms. The average Bonchev–Trinajstić information content (AvgIpc) is 3.45. The van der Waals surface area contributed by atoms with E-state index in [9.17, 15) is 14.4 Å². The van der Waals surface area contributed by atoms with Crippen molar-refractivity contribution >= 4 is 28.1 Å². The van der Waals surface area contributed by atoms with Crippen molar-refractivity contribution in [1.82, 2.24) is 4.98 Å². The van der Waals surface area contributed by atoms with Crippen LogP contribution in [-0.4, -0.2) is 17.1 Å². The molecule has 1 aromatic heterocycles. The predicted molar refractivity (Wildman–Crippen MR) is 122 cm³/mol. The lowest BCUT2D eigenvalue weighted by Crippen LogP contribution is -2.15. The van der Waals surface area contributed by atoms with Crippen molar-refractivity contribution in [2.75, 3.05) is 5.32 Å². The Morgan fingerprint density at radius 2 is 2.17 bits per heavy atom. The maximum absolute atomic E-state index is 13.1. The second kappa shape index (κ2) is 9.04. The number of nitriles is 1. The first-order chi connectivity index (χ1) is 14.4. The van der Waals surface area contributed by atoms with Crippen LogP contribution in [-0.2, 0) is 4.79 Å². The van der Waals surface area contributed by atoms with Gasteiger partial charge in [-0.25, -0.2) is 9.37 Å². The summed E-state index contributed by atoms with van der Waals surface area (Å²) in [5.41, 5.74) is 4.46. The number of pyridine rings is 1. The number of hydrogen-bond donors (Lipinski definition) is 1. The molecule has 1 fully saturated rings. The Kier molecular flexibility index (Phi) is 6.47. The van der Waals surface area contributed by atoms with Crippen LogP contribution in [0.1, 0.15) is 52.6 Å². The summed E-state index contributed by atoms with van der Waals surface area (Å²) in [4.78, 5) is 16.3. The Balaban J connectivity index is 0.00000341. The Hall–Kier alpha value is -3.26. The van der Waals surface area contributed by atoms with E-state index in [1.807, 2.05) is 26.0 Å². The molecule has 1 N–H and O–H groups in total. The number of anilines is 1. The number of allylic oxidation sites excluding steroid dienone is 5. The second-order valence-electron chi connectivity index (χ2n) is 7.71. The monoisotopic (exact) mass is 405 g/mol. The van der Waals surface area contributed by atoms with E-state index >= 15 is 0 Å². The van der Waals surface area contributed by atoms with Gasteiger partial charge in [-0.05, 0) is 61.4 Å². The number of carbonyl (C=O) groups excluding carboxylic acids is 1. The molecule has 1 aliphatic carbocycles. The van der Waals surface area contributed by atoms with Crippen LogP contribution in [0.15, 0.2) is 54.3 Å². The molecule has 0 radical (unpaired) electrons. The first-order valence-corrected chi connectivity index (χ1v) is 10.2. The first kappa shape index (κ1) is 21.4. The Morgan fingerprint density at radius 3 is 2.77 bits per heavy atom. The molecule has 1 aromatic carbocycles. The van der Waals surface area contributed by atoms with E-state index in [4.69, 9.17) is 0 Å². The summed E-state index contributed by atoms with van der Waals surface area (Å²) in [6.07, 6.45) is 6.91. The summed E-state index contributed by atoms with van der Waals surface area (Å²) in [6, 6.07) is 7.74. The molecule has 2 atom stereocenters. The molecule has 4 nitrogen and oxygen atoms in total. The van der Waals surface area contributed by atoms with Gasteiger partial charge in [-0.15, -0.1) is 0 Å². The fourth-order valence-corrected chi connectivity index (χ4v) is 3.60. The van der Waals surface area contributed by atoms with Crippen molar-refractivity contribution < 1.29 is 10.6 Å². The molecule has 1 amide bonds. The summed E-state index contributed by atoms with van der Waals surface area (Å²) >= 11 is 0. The molecule has 1 heterocycles. The van der Waals surface area contributed by atoms with Gasteiger partial charge >= 0.3 is 0 Å². The van der Waals surface area contributed by atoms with Gasteiger partial charge in [0.15, 0.2) is 0 Å². The predicted octanol–water partition coefficient (Wildman–Crippen LogP) is 6.35. The zero-order chi connectivity index (χ0) is 21.8. The summed E-state index contributed by atoms with van der Waals surface area (Å²) in [7, 11) is 0. The molecule has 1 aliphatic rings. The van der Waals surface area contributed by atoms with Crippen molar-refractivity contribution in [3.05, 3.63) is 65.4 Å². The van der Waals surface area contributed by atoms with Gasteiger partial charge in [0.2, 0.25) is 5.91 Å². The third-order valence-corrected chi connectivity index (χ3v) is 5.27. The summed E-state index contributed by atoms with van der Waals surface area (Å²) in [6.45, 7) is 10.2. The van der Waals surface area contributed by atoms with Gasteiger partial charge in [-0.1, -0.05) is 37.6 Å². The molecule has 0 spiro atoms. The number of rotatable bonds is 7. The second-order valence-corrected chi connectivity index (χ2v) is 7.71. The highest BCUT2D eigenvalue weighted by molar-refractivity contribution is 5.97. The summed E-state index contributed by atoms with van der Waals surface area (Å²) < 4.78 is 13.1. The Morgan fingerprint density at radius 1 is 1.43 bits per heavy atom. The van der Waals surface area contributed by atoms with Gasteiger partial charge in [0.1, 0.15) is 12.0 Å². The zero-order valence-corrected chi connectivity index (χ0v) is 17.6. The van der Waals surface area contributed by atoms with E-state index < -0.39 is 12.1 Å². The van der Waals surface area contributed by atoms with Crippen molar-refractivity contribution in [2.24, 2.45) is 5.92 Å². The van der Waals surface area contributed by atoms with Gasteiger partial charge in [0, 0.05) is 18.6 Å². The first-order valence-electron chi connectivity index (χ1n) is 10.2. The van der Waals surface area contributed by atoms with Crippen LogP contribution in [0.4, 0.5) is 10.2 Å². The van der Waals surface area contributed by atoms with Gasteiger partial charge in [-0.2, -0.15) is 5.26 Å². The highest BCUT2D eigenvalue weighted by atomic mass is 19.1. The van der Waals surface area contributed by atoms with Gasteiger partial charge in [0.25, 0.3) is 0 Å². The molecule has 1 saturated carbocycles. The van der Waals surface area contributed by atoms with Crippen molar-refractivity contribution in [3.63, 3.8) is 0 Å². The number of nitrogens with zero attached hydrogens (tertiary/aromatic N) is 2. The smallest absolute Gasteiger partial charge is 0.231 e. The molecular weight excluding hydrogens is 377 g/mol. The number of fused-ring (bicyclic) bond motifs is 1. The number of alkyl halides is 1. The van der Waals surface area contributed by atoms with Gasteiger partial charge in [0.05, 0.1) is 17.6 Å². The van der Waals surface area contributed by atoms with Crippen LogP contribution in [0.3, 0.4) is 0 Å². The number of hydrogen-bond acceptors (Lipinski definition) is 3. The van der Waals surface area contributed by atoms with Crippen LogP contribution >= 0.6 is 0 Å². The molecule has 3 rings (SSSR count). The van der Waals surface area contributed by atoms with E-state index in [0.717, 1.165) is 45.9 Å². The highest BCUT2D eigenvalue weighted by Gasteiger charge is 2.43. The van der Waals surface area contributed by atoms with E-state index in [-0.39, 0.29) is 13.8 Å². The minimum Gasteiger partial charge on any atom is -0.310 e. The SMILES string of the molecule is C=C(/C=C(C)\C(=C/C)c1cc2cnc(NC(=O)[C@H]3C[C@H]3F)cc2cc1C#N)CCC.[HH]. The summed E-state index contributed by atoms with van der Waals surface area (Å²) in [5.74, 6) is -0.564. The Bertz CT molecular complexity index is 1110. The lowest BCUT2D eigenvalue weighted by atomic mass is 9.91. The average molecular weight is 406 g/mol. The van der Waals surface area contributed by atoms with Crippen molar-refractivity contribution in [3.8, 4) is 6.07 Å². The number of nitrogens with one attached hydrogen (secondary N) is 1. The molecule has 5 heteroatoms. The minimum atomic E-state index is -1.05. The summed E-state index contributed by atoms with van der Waals surface area (Å²) in [5, 5.41) is 14.1. The lowest BCUT2D eigenvalue weighted by molar-refractivity contribution is -0.117. The minimum absolute atomic E-state index is 0. The topological polar surface area (TPSA) is 65.8 Å². The quantitative estimate of drug-likeness (QED) is 0.545. The number of carbonyl (C=O) groups is 1. The van der Waals surface area contributed by atoms with Crippen LogP contribution < -0.4 is 5.32 Å². The normalized spacial score (nSPS) is 18.8. The number of aromatic nitrogens is 1. The molecular formula is C25H28FN3O. The number of amides is 1. The molecule has 0 bridgehead atoms. The fraction of sp³-hybridized carbons (Fsp3) is 0.320. The molecule has 156 valence electrons. The number of benzene rings is 1. The van der Waals surface area contributed by atoms with Gasteiger partial charge in [-0.3, -0.25) is 4.79 Å². The van der Waals surface area contributed by atoms with Crippen molar-refractivity contribution in [1.29, 1.82) is 5.26 Å². The van der Waals surface area contributed by atoms with E-state index in [1.165, 1.54) is 0 Å². The van der Waals surface area contributed by atoms with Crippen molar-refractivity contribution in [2.45, 2.75) is 46.2 Å². The largest absolute Gasteiger partial charge is 0.310 e. The maximum Gasteiger partial charge on any atom is 0.231 e. The standard InChI is InChI=1S/C25H26FN3O.H2/c1-5-7-15(3)8-16(4)20(6-2)21-10-19-14-28-24(11-17(19)9-18(21)13-27)29-25(30)22-12-23(22)26;/h6,8-11,14,22-23H,3,5,7,12H2,1-2,4H3,(H,28,29,30);1H/b16-8-,20-6+;/t22-,23+;/m0./s1. The fourth-order valence-electron chi connectivity index (χ4n) is 3.60. The van der Waals surface area contributed by atoms with Crippen LogP contribution in [0.25, 0.3) is 16.3 Å². The van der Waals surface area contributed by atoms with Crippen LogP contribution in [0.2, 0.25) is 0 Å². The third kappa shape index (κ3) is 4.65. The molecule has 0 aliphatic heterocycles. The van der Waals surface area contributed by atoms with Crippen LogP contribution in [0.5, 0.6) is 0 Å². The van der Waals surface area contributed by atoms with E-state index in [1.54, 1.807) is 18.3 Å². The molecule has 0 saturated heterocycles. The lowest BCUT2D eigenvalue weighted by Gasteiger charge is -2.13. The van der Waals surface area contributed by atoms with Gasteiger partial charge < -0.3 is 5.32 Å². The van der Waals surface area contributed by atoms with E-state index in [2.05, 4.69) is 35.9 Å². The zero-order valence-electron chi connectivity index (χ0n) is 17.6. The van der Waals surface area contributed by atoms with Crippen LogP contribution in [0, 0.1) is 17.2 Å². The Labute approximate surface area is 178 Å². The highest BCUT2D eigenvalue weighted by Crippen LogP contribution is 2.35. The molecule has 0 unspecified atom stereocenters. The molecule has 2 aromatic rings. The third-order valence-electron chi connectivity index (χ3n) is 5.27. The number of halogens is 1. The van der Waals surface area contributed by atoms with E-state index in [0.29, 0.717) is 11.4 Å².